The van der Waals surface area contributed by atoms with Gasteiger partial charge in [-0.05, 0) is 37.1 Å². The van der Waals surface area contributed by atoms with E-state index in [4.69, 9.17) is 9.47 Å². The standard InChI is InChI=1S/C26H34N4O6/c31-23(27-29-25(33)19-35-21-13-7-5-8-14-21)17-11-3-1-2-4-12-18-24(32)28-30-26(34)20-36-22-15-9-6-10-16-22/h5-10,13-16H,1-4,11-12,17-20H2,(H,27,31)(H,28,32)(H,29,33)(H,30,34). The van der Waals surface area contributed by atoms with Crippen LogP contribution >= 0.6 is 0 Å². The Morgan fingerprint density at radius 3 is 1.19 bits per heavy atom. The normalized spacial score (nSPS) is 10.1. The van der Waals surface area contributed by atoms with Crippen molar-refractivity contribution in [2.75, 3.05) is 13.2 Å². The Morgan fingerprint density at radius 2 is 0.806 bits per heavy atom. The predicted octanol–water partition coefficient (Wildman–Crippen LogP) is 2.56. The monoisotopic (exact) mass is 498 g/mol. The summed E-state index contributed by atoms with van der Waals surface area (Å²) in [5.41, 5.74) is 9.41. The van der Waals surface area contributed by atoms with E-state index in [1.165, 1.54) is 0 Å². The number of unbranched alkanes of at least 4 members (excludes halogenated alkanes) is 5. The number of amides is 4. The maximum absolute atomic E-state index is 11.8. The van der Waals surface area contributed by atoms with Gasteiger partial charge in [0.1, 0.15) is 11.5 Å². The molecule has 4 amide bonds. The topological polar surface area (TPSA) is 135 Å². The third-order valence-electron chi connectivity index (χ3n) is 4.97. The minimum absolute atomic E-state index is 0.183. The molecule has 0 bridgehead atoms. The summed E-state index contributed by atoms with van der Waals surface area (Å²) in [4.78, 5) is 47.0. The minimum Gasteiger partial charge on any atom is -0.484 e. The molecule has 0 aliphatic rings. The average molecular weight is 499 g/mol. The van der Waals surface area contributed by atoms with Crippen LogP contribution in [0.3, 0.4) is 0 Å². The zero-order valence-corrected chi connectivity index (χ0v) is 20.3. The lowest BCUT2D eigenvalue weighted by Crippen LogP contribution is -2.43. The van der Waals surface area contributed by atoms with E-state index in [2.05, 4.69) is 21.7 Å². The first-order chi connectivity index (χ1) is 17.5. The van der Waals surface area contributed by atoms with Crippen LogP contribution in [-0.4, -0.2) is 36.8 Å². The van der Waals surface area contributed by atoms with Crippen molar-refractivity contribution in [1.29, 1.82) is 0 Å². The average Bonchev–Trinajstić information content (AvgIpc) is 2.91. The highest BCUT2D eigenvalue weighted by molar-refractivity contribution is 5.83. The Morgan fingerprint density at radius 1 is 0.472 bits per heavy atom. The lowest BCUT2D eigenvalue weighted by molar-refractivity contribution is -0.130. The molecular formula is C26H34N4O6. The van der Waals surface area contributed by atoms with Crippen molar-refractivity contribution in [2.24, 2.45) is 0 Å². The van der Waals surface area contributed by atoms with Gasteiger partial charge in [0.15, 0.2) is 13.2 Å². The van der Waals surface area contributed by atoms with E-state index in [9.17, 15) is 19.2 Å². The second-order valence-electron chi connectivity index (χ2n) is 8.02. The van der Waals surface area contributed by atoms with Crippen LogP contribution in [0.4, 0.5) is 0 Å². The molecule has 2 aromatic carbocycles. The van der Waals surface area contributed by atoms with Crippen LogP contribution in [0.2, 0.25) is 0 Å². The first kappa shape index (κ1) is 28.2. The smallest absolute Gasteiger partial charge is 0.276 e. The zero-order chi connectivity index (χ0) is 25.8. The number of ether oxygens (including phenoxy) is 2. The van der Waals surface area contributed by atoms with Gasteiger partial charge in [-0.2, -0.15) is 0 Å². The van der Waals surface area contributed by atoms with E-state index in [-0.39, 0.29) is 25.0 Å². The Bertz CT molecular complexity index is 862. The molecule has 0 radical (unpaired) electrons. The van der Waals surface area contributed by atoms with Crippen molar-refractivity contribution in [3.8, 4) is 11.5 Å². The first-order valence-corrected chi connectivity index (χ1v) is 12.0. The lowest BCUT2D eigenvalue weighted by atomic mass is 10.1. The number of carbonyl (C=O) groups is 4. The second-order valence-corrected chi connectivity index (χ2v) is 8.02. The number of carbonyl (C=O) groups excluding carboxylic acids is 4. The van der Waals surface area contributed by atoms with Gasteiger partial charge in [-0.1, -0.05) is 62.1 Å². The van der Waals surface area contributed by atoms with Gasteiger partial charge in [-0.15, -0.1) is 0 Å². The maximum atomic E-state index is 11.8. The highest BCUT2D eigenvalue weighted by Crippen LogP contribution is 2.09. The van der Waals surface area contributed by atoms with Gasteiger partial charge in [0.05, 0.1) is 0 Å². The van der Waals surface area contributed by atoms with Crippen LogP contribution in [0.15, 0.2) is 60.7 Å². The predicted molar refractivity (Wildman–Crippen MR) is 133 cm³/mol. The molecule has 0 fully saturated rings. The summed E-state index contributed by atoms with van der Waals surface area (Å²) in [6.07, 6.45) is 5.69. The Hall–Kier alpha value is -4.08. The molecule has 0 spiro atoms. The molecule has 10 nitrogen and oxygen atoms in total. The number of rotatable bonds is 15. The molecule has 0 atom stereocenters. The molecule has 10 heteroatoms. The third kappa shape index (κ3) is 13.6. The van der Waals surface area contributed by atoms with Crippen molar-refractivity contribution in [3.05, 3.63) is 60.7 Å². The number of hydrazine groups is 2. The highest BCUT2D eigenvalue weighted by atomic mass is 16.5. The molecule has 0 unspecified atom stereocenters. The maximum Gasteiger partial charge on any atom is 0.276 e. The van der Waals surface area contributed by atoms with Crippen molar-refractivity contribution >= 4 is 23.6 Å². The lowest BCUT2D eigenvalue weighted by Gasteiger charge is -2.09. The van der Waals surface area contributed by atoms with E-state index >= 15 is 0 Å². The summed E-state index contributed by atoms with van der Waals surface area (Å²) >= 11 is 0. The summed E-state index contributed by atoms with van der Waals surface area (Å²) in [5, 5.41) is 0. The van der Waals surface area contributed by atoms with E-state index in [1.807, 2.05) is 12.1 Å². The van der Waals surface area contributed by atoms with Gasteiger partial charge >= 0.3 is 0 Å². The van der Waals surface area contributed by atoms with Gasteiger partial charge in [-0.25, -0.2) is 0 Å². The van der Waals surface area contributed by atoms with Gasteiger partial charge in [0.25, 0.3) is 11.8 Å². The molecule has 2 rings (SSSR count). The van der Waals surface area contributed by atoms with Gasteiger partial charge in [0.2, 0.25) is 11.8 Å². The Labute approximate surface area is 211 Å². The van der Waals surface area contributed by atoms with Crippen molar-refractivity contribution in [3.63, 3.8) is 0 Å². The molecule has 0 aromatic heterocycles. The minimum atomic E-state index is -0.434. The van der Waals surface area contributed by atoms with Crippen molar-refractivity contribution in [2.45, 2.75) is 51.4 Å². The van der Waals surface area contributed by atoms with Crippen LogP contribution in [0.25, 0.3) is 0 Å². The van der Waals surface area contributed by atoms with Crippen LogP contribution in [0.5, 0.6) is 11.5 Å². The van der Waals surface area contributed by atoms with E-state index in [0.717, 1.165) is 25.7 Å². The molecule has 0 aliphatic carbocycles. The molecule has 36 heavy (non-hydrogen) atoms. The number of hydrogen-bond donors (Lipinski definition) is 4. The summed E-state index contributed by atoms with van der Waals surface area (Å²) < 4.78 is 10.6. The zero-order valence-electron chi connectivity index (χ0n) is 20.3. The van der Waals surface area contributed by atoms with Crippen LogP contribution in [0, 0.1) is 0 Å². The van der Waals surface area contributed by atoms with Crippen LogP contribution in [0.1, 0.15) is 51.4 Å². The highest BCUT2D eigenvalue weighted by Gasteiger charge is 2.07. The molecule has 0 saturated carbocycles. The fourth-order valence-corrected chi connectivity index (χ4v) is 3.09. The van der Waals surface area contributed by atoms with E-state index in [1.54, 1.807) is 48.5 Å². The van der Waals surface area contributed by atoms with Crippen LogP contribution in [-0.2, 0) is 19.2 Å². The quantitative estimate of drug-likeness (QED) is 0.220. The first-order valence-electron chi connectivity index (χ1n) is 12.0. The fourth-order valence-electron chi connectivity index (χ4n) is 3.09. The summed E-state index contributed by atoms with van der Waals surface area (Å²) in [6.45, 7) is -0.366. The third-order valence-corrected chi connectivity index (χ3v) is 4.97. The van der Waals surface area contributed by atoms with Crippen LogP contribution < -0.4 is 31.2 Å². The molecule has 0 aliphatic heterocycles. The SMILES string of the molecule is O=C(CCCCCCCCC(=O)NNC(=O)COc1ccccc1)NNC(=O)COc1ccccc1. The van der Waals surface area contributed by atoms with Gasteiger partial charge in [0, 0.05) is 12.8 Å². The molecule has 4 N–H and O–H groups in total. The summed E-state index contributed by atoms with van der Waals surface area (Å²) in [6, 6.07) is 17.9. The largest absolute Gasteiger partial charge is 0.484 e. The molecular weight excluding hydrogens is 464 g/mol. The fraction of sp³-hybridized carbons (Fsp3) is 0.385. The van der Waals surface area contributed by atoms with Gasteiger partial charge < -0.3 is 9.47 Å². The Balaban J connectivity index is 1.37. The molecule has 0 saturated heterocycles. The number of hydrogen-bond acceptors (Lipinski definition) is 6. The van der Waals surface area contributed by atoms with Crippen molar-refractivity contribution in [1.82, 2.24) is 21.7 Å². The molecule has 2 aromatic rings. The van der Waals surface area contributed by atoms with Gasteiger partial charge in [-0.3, -0.25) is 40.9 Å². The molecule has 0 heterocycles. The van der Waals surface area contributed by atoms with Crippen molar-refractivity contribution < 1.29 is 28.7 Å². The molecule has 194 valence electrons. The summed E-state index contributed by atoms with van der Waals surface area (Å²) in [5.74, 6) is -0.216. The number of para-hydroxylation sites is 2. The summed E-state index contributed by atoms with van der Waals surface area (Å²) in [7, 11) is 0. The van der Waals surface area contributed by atoms with E-state index in [0.29, 0.717) is 37.2 Å². The Kier molecular flexibility index (Phi) is 13.6. The van der Waals surface area contributed by atoms with E-state index < -0.39 is 11.8 Å². The number of nitrogens with one attached hydrogen (secondary N) is 4. The number of benzene rings is 2. The second kappa shape index (κ2) is 17.4.